The Balaban J connectivity index is 1.62. The number of imidazole rings is 1. The van der Waals surface area contributed by atoms with Gasteiger partial charge in [-0.05, 0) is 55.2 Å². The molecule has 1 aliphatic rings. The van der Waals surface area contributed by atoms with Gasteiger partial charge >= 0.3 is 0 Å². The first-order valence-electron chi connectivity index (χ1n) is 11.3. The van der Waals surface area contributed by atoms with Gasteiger partial charge in [-0.3, -0.25) is 0 Å². The minimum absolute atomic E-state index is 0.475. The number of nitriles is 1. The third-order valence-corrected chi connectivity index (χ3v) is 6.29. The van der Waals surface area contributed by atoms with Gasteiger partial charge in [0.05, 0.1) is 12.6 Å². The molecule has 5 rings (SSSR count). The third-order valence-electron chi connectivity index (χ3n) is 6.29. The second kappa shape index (κ2) is 8.22. The summed E-state index contributed by atoms with van der Waals surface area (Å²) in [6, 6.07) is 18.9. The fourth-order valence-corrected chi connectivity index (χ4v) is 4.71. The van der Waals surface area contributed by atoms with Crippen LogP contribution in [0.15, 0.2) is 54.1 Å². The summed E-state index contributed by atoms with van der Waals surface area (Å²) in [5.74, 6) is 1.83. The molecule has 0 spiro atoms. The molecule has 0 radical (unpaired) electrons. The molecule has 164 valence electrons. The Morgan fingerprint density at radius 3 is 2.70 bits per heavy atom. The Kier molecular flexibility index (Phi) is 5.22. The van der Waals surface area contributed by atoms with E-state index in [0.29, 0.717) is 18.7 Å². The van der Waals surface area contributed by atoms with E-state index in [-0.39, 0.29) is 0 Å². The van der Waals surface area contributed by atoms with E-state index in [2.05, 4.69) is 60.9 Å². The molecule has 5 heteroatoms. The number of benzene rings is 2. The molecule has 0 atom stereocenters. The monoisotopic (exact) mass is 434 g/mol. The highest BCUT2D eigenvalue weighted by molar-refractivity contribution is 5.88. The van der Waals surface area contributed by atoms with Gasteiger partial charge < -0.3 is 9.30 Å². The Morgan fingerprint density at radius 2 is 1.91 bits per heavy atom. The molecule has 0 saturated heterocycles. The molecule has 0 N–H and O–H groups in total. The van der Waals surface area contributed by atoms with E-state index in [4.69, 9.17) is 14.7 Å². The molecule has 0 bridgehead atoms. The van der Waals surface area contributed by atoms with Gasteiger partial charge in [-0.25, -0.2) is 9.97 Å². The van der Waals surface area contributed by atoms with Gasteiger partial charge in [-0.1, -0.05) is 43.3 Å². The van der Waals surface area contributed by atoms with Crippen molar-refractivity contribution in [1.29, 1.82) is 5.26 Å². The van der Waals surface area contributed by atoms with Crippen LogP contribution in [0, 0.1) is 25.2 Å². The predicted molar refractivity (Wildman–Crippen MR) is 130 cm³/mol. The van der Waals surface area contributed by atoms with Crippen LogP contribution in [-0.2, 0) is 19.6 Å². The van der Waals surface area contributed by atoms with Crippen molar-refractivity contribution in [2.75, 3.05) is 0 Å². The molecule has 3 heterocycles. The zero-order valence-corrected chi connectivity index (χ0v) is 19.4. The third kappa shape index (κ3) is 3.58. The molecular weight excluding hydrogens is 408 g/mol. The highest BCUT2D eigenvalue weighted by Gasteiger charge is 2.22. The van der Waals surface area contributed by atoms with E-state index in [1.807, 2.05) is 26.0 Å². The van der Waals surface area contributed by atoms with Crippen molar-refractivity contribution in [3.63, 3.8) is 0 Å². The average Bonchev–Trinajstić information content (AvgIpc) is 3.07. The van der Waals surface area contributed by atoms with Crippen LogP contribution < -0.4 is 4.74 Å². The Hall–Kier alpha value is -3.91. The van der Waals surface area contributed by atoms with E-state index in [0.717, 1.165) is 68.2 Å². The van der Waals surface area contributed by atoms with Crippen molar-refractivity contribution in [1.82, 2.24) is 14.5 Å². The van der Waals surface area contributed by atoms with Crippen molar-refractivity contribution in [3.8, 4) is 11.8 Å². The van der Waals surface area contributed by atoms with Crippen LogP contribution in [0.2, 0.25) is 0 Å². The summed E-state index contributed by atoms with van der Waals surface area (Å²) < 4.78 is 8.47. The summed E-state index contributed by atoms with van der Waals surface area (Å²) in [6.45, 7) is 9.25. The fraction of sp³-hybridized carbons (Fsp3) is 0.250. The Bertz CT molecular complexity index is 1470. The number of allylic oxidation sites excluding steroid dienone is 1. The van der Waals surface area contributed by atoms with E-state index in [1.165, 1.54) is 0 Å². The van der Waals surface area contributed by atoms with E-state index in [9.17, 15) is 5.26 Å². The summed E-state index contributed by atoms with van der Waals surface area (Å²) in [7, 11) is 0. The molecule has 0 amide bonds. The molecule has 0 saturated carbocycles. The zero-order chi connectivity index (χ0) is 23.1. The van der Waals surface area contributed by atoms with Crippen molar-refractivity contribution >= 4 is 16.7 Å². The van der Waals surface area contributed by atoms with Crippen LogP contribution in [-0.4, -0.2) is 14.5 Å². The number of hydrogen-bond acceptors (Lipinski definition) is 4. The number of ether oxygens (including phenoxy) is 1. The first-order valence-corrected chi connectivity index (χ1v) is 11.3. The Morgan fingerprint density at radius 1 is 1.09 bits per heavy atom. The molecule has 0 unspecified atom stereocenters. The molecule has 33 heavy (non-hydrogen) atoms. The summed E-state index contributed by atoms with van der Waals surface area (Å²) >= 11 is 0. The summed E-state index contributed by atoms with van der Waals surface area (Å²) in [4.78, 5) is 9.67. The molecule has 2 aromatic carbocycles. The minimum Gasteiger partial charge on any atom is -0.488 e. The van der Waals surface area contributed by atoms with Crippen molar-refractivity contribution in [2.24, 2.45) is 0 Å². The topological polar surface area (TPSA) is 63.7 Å². The average molecular weight is 435 g/mol. The summed E-state index contributed by atoms with van der Waals surface area (Å²) in [6.07, 6.45) is 0.833. The number of pyridine rings is 1. The molecular formula is C28H26N4O. The molecule has 0 aliphatic carbocycles. The lowest BCUT2D eigenvalue weighted by Gasteiger charge is -2.14. The van der Waals surface area contributed by atoms with Crippen molar-refractivity contribution in [3.05, 3.63) is 93.4 Å². The van der Waals surface area contributed by atoms with Gasteiger partial charge in [0.1, 0.15) is 23.7 Å². The van der Waals surface area contributed by atoms with Crippen LogP contribution in [0.25, 0.3) is 16.7 Å². The number of rotatable bonds is 3. The van der Waals surface area contributed by atoms with E-state index >= 15 is 0 Å². The van der Waals surface area contributed by atoms with Crippen molar-refractivity contribution in [2.45, 2.75) is 47.3 Å². The van der Waals surface area contributed by atoms with Gasteiger partial charge in [-0.2, -0.15) is 5.26 Å². The highest BCUT2D eigenvalue weighted by Crippen LogP contribution is 2.39. The second-order valence-corrected chi connectivity index (χ2v) is 8.61. The highest BCUT2D eigenvalue weighted by atomic mass is 16.5. The fourth-order valence-electron chi connectivity index (χ4n) is 4.71. The Labute approximate surface area is 194 Å². The normalized spacial score (nSPS) is 14.2. The van der Waals surface area contributed by atoms with Crippen molar-refractivity contribution < 1.29 is 4.74 Å². The van der Waals surface area contributed by atoms with Gasteiger partial charge in [0.15, 0.2) is 5.65 Å². The smallest absolute Gasteiger partial charge is 0.160 e. The number of fused-ring (bicyclic) bond motifs is 3. The van der Waals surface area contributed by atoms with Crippen LogP contribution >= 0.6 is 0 Å². The minimum atomic E-state index is 0.475. The standard InChI is InChI=1S/C28H26N4O/c1-5-25-31-27-17(2)12-19(4)30-28(27)32(25)15-20-10-11-23-24(13-20)33-16-21-8-6-7-9-22(21)26(23)18(3)14-29/h6-13H,5,15-16H2,1-4H3/b26-18+. The lowest BCUT2D eigenvalue weighted by atomic mass is 9.90. The first kappa shape index (κ1) is 21.0. The quantitative estimate of drug-likeness (QED) is 0.377. The summed E-state index contributed by atoms with van der Waals surface area (Å²) in [5, 5.41) is 9.69. The number of aryl methyl sites for hydroxylation is 3. The van der Waals surface area contributed by atoms with Crippen LogP contribution in [0.3, 0.4) is 0 Å². The lowest BCUT2D eigenvalue weighted by molar-refractivity contribution is 0.307. The molecule has 4 aromatic rings. The first-order chi connectivity index (χ1) is 16.0. The molecule has 0 fully saturated rings. The molecule has 2 aromatic heterocycles. The largest absolute Gasteiger partial charge is 0.488 e. The SMILES string of the molecule is CCc1nc2c(C)cc(C)nc2n1Cc1ccc2c(c1)OCc1ccccc1/C2=C(/C)C#N. The second-order valence-electron chi connectivity index (χ2n) is 8.61. The molecule has 5 nitrogen and oxygen atoms in total. The number of aromatic nitrogens is 3. The van der Waals surface area contributed by atoms with Crippen LogP contribution in [0.1, 0.15) is 53.2 Å². The summed E-state index contributed by atoms with van der Waals surface area (Å²) in [5.41, 5.74) is 9.89. The van der Waals surface area contributed by atoms with Gasteiger partial charge in [-0.15, -0.1) is 0 Å². The maximum Gasteiger partial charge on any atom is 0.160 e. The van der Waals surface area contributed by atoms with E-state index < -0.39 is 0 Å². The molecule has 1 aliphatic heterocycles. The van der Waals surface area contributed by atoms with Gasteiger partial charge in [0, 0.05) is 28.8 Å². The lowest BCUT2D eigenvalue weighted by Crippen LogP contribution is -2.06. The zero-order valence-electron chi connectivity index (χ0n) is 19.4. The number of hydrogen-bond donors (Lipinski definition) is 0. The maximum absolute atomic E-state index is 9.69. The van der Waals surface area contributed by atoms with Gasteiger partial charge in [0.25, 0.3) is 0 Å². The van der Waals surface area contributed by atoms with Crippen LogP contribution in [0.4, 0.5) is 0 Å². The predicted octanol–water partition coefficient (Wildman–Crippen LogP) is 5.90. The van der Waals surface area contributed by atoms with Crippen LogP contribution in [0.5, 0.6) is 5.75 Å². The van der Waals surface area contributed by atoms with Gasteiger partial charge in [0.2, 0.25) is 0 Å². The van der Waals surface area contributed by atoms with E-state index in [1.54, 1.807) is 0 Å². The number of nitrogens with zero attached hydrogens (tertiary/aromatic N) is 4. The maximum atomic E-state index is 9.69.